The number of nitrogens with two attached hydrogens (primary N) is 1. The van der Waals surface area contributed by atoms with Gasteiger partial charge in [0.25, 0.3) is 0 Å². The molecular weight excluding hydrogens is 436 g/mol. The summed E-state index contributed by atoms with van der Waals surface area (Å²) in [5.41, 5.74) is 9.45. The number of benzene rings is 2. The number of alkyl halides is 1. The van der Waals surface area contributed by atoms with Crippen molar-refractivity contribution < 1.29 is 13.2 Å². The summed E-state index contributed by atoms with van der Waals surface area (Å²) in [5, 5.41) is 7.45. The molecule has 1 amide bonds. The first kappa shape index (κ1) is 23.1. The summed E-state index contributed by atoms with van der Waals surface area (Å²) in [4.78, 5) is 14.7. The van der Waals surface area contributed by atoms with E-state index in [0.29, 0.717) is 42.9 Å². The first-order valence-electron chi connectivity index (χ1n) is 10.2. The molecule has 1 aliphatic rings. The van der Waals surface area contributed by atoms with Gasteiger partial charge in [-0.25, -0.2) is 8.42 Å². The van der Waals surface area contributed by atoms with Crippen molar-refractivity contribution in [2.24, 2.45) is 5.73 Å². The van der Waals surface area contributed by atoms with Crippen LogP contribution in [-0.4, -0.2) is 38.3 Å². The molecule has 7 nitrogen and oxygen atoms in total. The molecule has 166 valence electrons. The predicted molar refractivity (Wildman–Crippen MR) is 126 cm³/mol. The second-order valence-electron chi connectivity index (χ2n) is 7.57. The van der Waals surface area contributed by atoms with Crippen LogP contribution in [-0.2, 0) is 27.7 Å². The molecule has 0 saturated carbocycles. The molecule has 2 aromatic carbocycles. The molecule has 0 aliphatic carbocycles. The van der Waals surface area contributed by atoms with Gasteiger partial charge in [0.05, 0.1) is 5.75 Å². The molecule has 0 spiro atoms. The summed E-state index contributed by atoms with van der Waals surface area (Å²) in [6.07, 6.45) is 2.98. The number of carbonyl (C=O) groups excluding carboxylic acids is 1. The predicted octanol–water partition coefficient (Wildman–Crippen LogP) is 3.25. The SMILES string of the molecule is N=C(N)c1ccc(CCC(=O)N2CCCc3cc(NS(=O)(=O)CCCCl)ccc32)cc1. The Morgan fingerprint density at radius 1 is 1.19 bits per heavy atom. The number of aryl methyl sites for hydroxylation is 2. The van der Waals surface area contributed by atoms with Gasteiger partial charge in [0.15, 0.2) is 0 Å². The van der Waals surface area contributed by atoms with Crippen molar-refractivity contribution in [1.29, 1.82) is 5.41 Å². The van der Waals surface area contributed by atoms with Crippen molar-refractivity contribution in [1.82, 2.24) is 0 Å². The molecule has 0 aromatic heterocycles. The normalized spacial score (nSPS) is 13.5. The third-order valence-electron chi connectivity index (χ3n) is 5.21. The Morgan fingerprint density at radius 3 is 2.61 bits per heavy atom. The Kier molecular flexibility index (Phi) is 7.56. The fraction of sp³-hybridized carbons (Fsp3) is 0.364. The number of halogens is 1. The quantitative estimate of drug-likeness (QED) is 0.301. The van der Waals surface area contributed by atoms with Gasteiger partial charge in [-0.15, -0.1) is 11.6 Å². The van der Waals surface area contributed by atoms with E-state index < -0.39 is 10.0 Å². The van der Waals surface area contributed by atoms with Crippen LogP contribution in [0, 0.1) is 5.41 Å². The van der Waals surface area contributed by atoms with Gasteiger partial charge in [-0.2, -0.15) is 0 Å². The summed E-state index contributed by atoms with van der Waals surface area (Å²) < 4.78 is 26.8. The molecule has 4 N–H and O–H groups in total. The van der Waals surface area contributed by atoms with Crippen molar-refractivity contribution in [3.8, 4) is 0 Å². The Labute approximate surface area is 188 Å². The lowest BCUT2D eigenvalue weighted by Gasteiger charge is -2.30. The van der Waals surface area contributed by atoms with Crippen molar-refractivity contribution in [3.63, 3.8) is 0 Å². The summed E-state index contributed by atoms with van der Waals surface area (Å²) >= 11 is 5.59. The van der Waals surface area contributed by atoms with Crippen molar-refractivity contribution in [3.05, 3.63) is 59.2 Å². The number of amidine groups is 1. The van der Waals surface area contributed by atoms with E-state index in [2.05, 4.69) is 4.72 Å². The molecular formula is C22H27ClN4O3S. The molecule has 0 unspecified atom stereocenters. The van der Waals surface area contributed by atoms with Gasteiger partial charge < -0.3 is 10.6 Å². The number of hydrogen-bond acceptors (Lipinski definition) is 4. The molecule has 2 aromatic rings. The number of sulfonamides is 1. The summed E-state index contributed by atoms with van der Waals surface area (Å²) in [5.74, 6) is 0.328. The fourth-order valence-corrected chi connectivity index (χ4v) is 5.04. The molecule has 0 atom stereocenters. The van der Waals surface area contributed by atoms with Crippen LogP contribution in [0.15, 0.2) is 42.5 Å². The molecule has 0 fully saturated rings. The van der Waals surface area contributed by atoms with Crippen LogP contribution in [0.3, 0.4) is 0 Å². The minimum absolute atomic E-state index is 0.0215. The second kappa shape index (κ2) is 10.2. The maximum absolute atomic E-state index is 12.9. The zero-order valence-corrected chi connectivity index (χ0v) is 18.8. The highest BCUT2D eigenvalue weighted by molar-refractivity contribution is 7.92. The van der Waals surface area contributed by atoms with Gasteiger partial charge in [0.2, 0.25) is 15.9 Å². The number of carbonyl (C=O) groups is 1. The average Bonchev–Trinajstić information content (AvgIpc) is 2.75. The number of nitrogen functional groups attached to an aromatic ring is 1. The average molecular weight is 463 g/mol. The van der Waals surface area contributed by atoms with E-state index in [0.717, 1.165) is 29.7 Å². The lowest BCUT2D eigenvalue weighted by molar-refractivity contribution is -0.118. The highest BCUT2D eigenvalue weighted by atomic mass is 35.5. The Hall–Kier alpha value is -2.58. The molecule has 1 aliphatic heterocycles. The maximum Gasteiger partial charge on any atom is 0.232 e. The van der Waals surface area contributed by atoms with Crippen LogP contribution in [0.1, 0.15) is 36.0 Å². The third kappa shape index (κ3) is 6.21. The maximum atomic E-state index is 12.9. The van der Waals surface area contributed by atoms with Crippen LogP contribution in [0.4, 0.5) is 11.4 Å². The summed E-state index contributed by atoms with van der Waals surface area (Å²) in [7, 11) is -3.44. The van der Waals surface area contributed by atoms with Gasteiger partial charge in [-0.3, -0.25) is 14.9 Å². The summed E-state index contributed by atoms with van der Waals surface area (Å²) in [6.45, 7) is 0.649. The number of fused-ring (bicyclic) bond motifs is 1. The molecule has 9 heteroatoms. The van der Waals surface area contributed by atoms with Crippen molar-refractivity contribution in [2.45, 2.75) is 32.1 Å². The Morgan fingerprint density at radius 2 is 1.94 bits per heavy atom. The molecule has 3 rings (SSSR count). The number of rotatable bonds is 9. The van der Waals surface area contributed by atoms with Crippen LogP contribution < -0.4 is 15.4 Å². The van der Waals surface area contributed by atoms with E-state index in [1.54, 1.807) is 23.1 Å². The summed E-state index contributed by atoms with van der Waals surface area (Å²) in [6, 6.07) is 12.7. The van der Waals surface area contributed by atoms with Crippen LogP contribution in [0.2, 0.25) is 0 Å². The first-order valence-corrected chi connectivity index (χ1v) is 12.4. The Bertz CT molecular complexity index is 1050. The molecule has 0 saturated heterocycles. The second-order valence-corrected chi connectivity index (χ2v) is 9.79. The highest BCUT2D eigenvalue weighted by Gasteiger charge is 2.23. The van der Waals surface area contributed by atoms with Crippen molar-refractivity contribution in [2.75, 3.05) is 27.8 Å². The van der Waals surface area contributed by atoms with Crippen LogP contribution in [0.25, 0.3) is 0 Å². The molecule has 0 radical (unpaired) electrons. The molecule has 1 heterocycles. The van der Waals surface area contributed by atoms with Gasteiger partial charge in [0.1, 0.15) is 5.84 Å². The fourth-order valence-electron chi connectivity index (χ4n) is 3.63. The largest absolute Gasteiger partial charge is 0.384 e. The zero-order valence-electron chi connectivity index (χ0n) is 17.2. The van der Waals surface area contributed by atoms with Gasteiger partial charge >= 0.3 is 0 Å². The Balaban J connectivity index is 1.66. The van der Waals surface area contributed by atoms with Crippen LogP contribution in [0.5, 0.6) is 0 Å². The van der Waals surface area contributed by atoms with E-state index in [-0.39, 0.29) is 17.5 Å². The number of hydrogen-bond donors (Lipinski definition) is 3. The van der Waals surface area contributed by atoms with Gasteiger partial charge in [-0.05, 0) is 55.0 Å². The number of amides is 1. The zero-order chi connectivity index (χ0) is 22.4. The number of nitrogens with one attached hydrogen (secondary N) is 2. The van der Waals surface area contributed by atoms with E-state index in [9.17, 15) is 13.2 Å². The highest BCUT2D eigenvalue weighted by Crippen LogP contribution is 2.30. The van der Waals surface area contributed by atoms with Crippen molar-refractivity contribution >= 4 is 44.7 Å². The topological polar surface area (TPSA) is 116 Å². The standard InChI is InChI=1S/C22H27ClN4O3S/c23-12-2-14-31(29,30)26-19-9-10-20-18(15-19)3-1-13-27(20)21(28)11-6-16-4-7-17(8-5-16)22(24)25/h4-5,7-10,15,26H,1-3,6,11-14H2,(H3,24,25). The van der Waals surface area contributed by atoms with E-state index >= 15 is 0 Å². The van der Waals surface area contributed by atoms with E-state index in [4.69, 9.17) is 22.7 Å². The first-order chi connectivity index (χ1) is 14.8. The minimum atomic E-state index is -3.44. The lowest BCUT2D eigenvalue weighted by atomic mass is 10.00. The number of nitrogens with zero attached hydrogens (tertiary/aromatic N) is 1. The molecule has 0 bridgehead atoms. The van der Waals surface area contributed by atoms with Gasteiger partial charge in [0, 0.05) is 35.8 Å². The molecule has 31 heavy (non-hydrogen) atoms. The van der Waals surface area contributed by atoms with Crippen LogP contribution >= 0.6 is 11.6 Å². The van der Waals surface area contributed by atoms with Gasteiger partial charge in [-0.1, -0.05) is 24.3 Å². The third-order valence-corrected chi connectivity index (χ3v) is 6.85. The minimum Gasteiger partial charge on any atom is -0.384 e. The van der Waals surface area contributed by atoms with E-state index in [1.165, 1.54) is 0 Å². The smallest absolute Gasteiger partial charge is 0.232 e. The van der Waals surface area contributed by atoms with E-state index in [1.807, 2.05) is 24.3 Å². The monoisotopic (exact) mass is 462 g/mol. The number of anilines is 2. The lowest BCUT2D eigenvalue weighted by Crippen LogP contribution is -2.35.